The van der Waals surface area contributed by atoms with Crippen LogP contribution in [0.4, 0.5) is 4.39 Å². The second-order valence-corrected chi connectivity index (χ2v) is 4.99. The minimum Gasteiger partial charge on any atom is -0.394 e. The first-order valence-electron chi connectivity index (χ1n) is 5.05. The third-order valence-corrected chi connectivity index (χ3v) is 3.43. The number of aromatic nitrogens is 2. The van der Waals surface area contributed by atoms with Gasteiger partial charge >= 0.3 is 5.69 Å². The normalized spacial score (nSPS) is 31.8. The van der Waals surface area contributed by atoms with Crippen LogP contribution in [0.3, 0.4) is 0 Å². The van der Waals surface area contributed by atoms with Crippen LogP contribution in [-0.2, 0) is 4.74 Å². The minimum atomic E-state index is -1.79. The van der Waals surface area contributed by atoms with E-state index in [1.165, 1.54) is 6.20 Å². The lowest BCUT2D eigenvalue weighted by molar-refractivity contribution is -0.0539. The number of hydrogen-bond acceptors (Lipinski definition) is 5. The second kappa shape index (κ2) is 5.07. The molecule has 0 aromatic carbocycles. The van der Waals surface area contributed by atoms with Gasteiger partial charge in [0.15, 0.2) is 12.4 Å². The van der Waals surface area contributed by atoms with Crippen molar-refractivity contribution in [3.63, 3.8) is 0 Å². The SMILES string of the molecule is O=c1[nH]c(=O)n([C@@H]2O[C@H](CO)C(F)[C@@H]2O)cc1I. The van der Waals surface area contributed by atoms with Gasteiger partial charge in [-0.2, -0.15) is 0 Å². The van der Waals surface area contributed by atoms with Crippen LogP contribution < -0.4 is 11.2 Å². The maximum atomic E-state index is 13.5. The van der Waals surface area contributed by atoms with Gasteiger partial charge in [0.05, 0.1) is 10.2 Å². The number of alkyl halides is 1. The van der Waals surface area contributed by atoms with Crippen LogP contribution >= 0.6 is 22.6 Å². The highest BCUT2D eigenvalue weighted by Gasteiger charge is 2.45. The van der Waals surface area contributed by atoms with Gasteiger partial charge in [0, 0.05) is 6.20 Å². The van der Waals surface area contributed by atoms with Crippen molar-refractivity contribution in [2.24, 2.45) is 0 Å². The second-order valence-electron chi connectivity index (χ2n) is 3.83. The van der Waals surface area contributed by atoms with Gasteiger partial charge in [0.1, 0.15) is 12.2 Å². The van der Waals surface area contributed by atoms with Gasteiger partial charge in [-0.3, -0.25) is 14.3 Å². The zero-order valence-electron chi connectivity index (χ0n) is 8.92. The number of hydrogen-bond donors (Lipinski definition) is 3. The van der Waals surface area contributed by atoms with Crippen molar-refractivity contribution in [2.45, 2.75) is 24.6 Å². The molecule has 2 rings (SSSR count). The Kier molecular flexibility index (Phi) is 3.84. The molecule has 0 aliphatic carbocycles. The molecule has 0 radical (unpaired) electrons. The molecule has 3 N–H and O–H groups in total. The number of rotatable bonds is 2. The number of aromatic amines is 1. The summed E-state index contributed by atoms with van der Waals surface area (Å²) in [5.74, 6) is 0. The summed E-state index contributed by atoms with van der Waals surface area (Å²) >= 11 is 1.70. The molecule has 1 aromatic heterocycles. The monoisotopic (exact) mass is 372 g/mol. The van der Waals surface area contributed by atoms with E-state index in [0.29, 0.717) is 0 Å². The number of nitrogens with one attached hydrogen (secondary N) is 1. The van der Waals surface area contributed by atoms with E-state index >= 15 is 0 Å². The summed E-state index contributed by atoms with van der Waals surface area (Å²) < 4.78 is 19.7. The molecule has 0 saturated carbocycles. The minimum absolute atomic E-state index is 0.200. The molecule has 1 aliphatic heterocycles. The lowest BCUT2D eigenvalue weighted by Gasteiger charge is -2.16. The molecular weight excluding hydrogens is 362 g/mol. The fraction of sp³-hybridized carbons (Fsp3) is 0.556. The van der Waals surface area contributed by atoms with Crippen molar-refractivity contribution < 1.29 is 19.3 Å². The molecule has 1 fully saturated rings. The highest BCUT2D eigenvalue weighted by atomic mass is 127. The third-order valence-electron chi connectivity index (χ3n) is 2.67. The van der Waals surface area contributed by atoms with Crippen LogP contribution in [0.2, 0.25) is 0 Å². The molecule has 0 spiro atoms. The van der Waals surface area contributed by atoms with E-state index in [9.17, 15) is 19.1 Å². The lowest BCUT2D eigenvalue weighted by atomic mass is 10.1. The van der Waals surface area contributed by atoms with Crippen LogP contribution in [0, 0.1) is 3.57 Å². The summed E-state index contributed by atoms with van der Waals surface area (Å²) in [6.45, 7) is -0.607. The van der Waals surface area contributed by atoms with Gasteiger partial charge in [0.2, 0.25) is 0 Å². The van der Waals surface area contributed by atoms with E-state index in [1.54, 1.807) is 22.6 Å². The van der Waals surface area contributed by atoms with Crippen LogP contribution in [0.15, 0.2) is 15.8 Å². The summed E-state index contributed by atoms with van der Waals surface area (Å²) in [6, 6.07) is 0. The topological polar surface area (TPSA) is 105 Å². The van der Waals surface area contributed by atoms with Crippen LogP contribution in [-0.4, -0.2) is 44.8 Å². The molecule has 18 heavy (non-hydrogen) atoms. The molecule has 1 saturated heterocycles. The fourth-order valence-electron chi connectivity index (χ4n) is 1.74. The Bertz CT molecular complexity index is 559. The molecule has 1 aliphatic rings. The largest absolute Gasteiger partial charge is 0.394 e. The van der Waals surface area contributed by atoms with Crippen LogP contribution in [0.25, 0.3) is 0 Å². The molecule has 0 amide bonds. The number of aliphatic hydroxyl groups is 2. The molecule has 9 heteroatoms. The van der Waals surface area contributed by atoms with Gasteiger partial charge in [-0.25, -0.2) is 9.18 Å². The Morgan fingerprint density at radius 2 is 2.22 bits per heavy atom. The Hall–Kier alpha value is -0.780. The Morgan fingerprint density at radius 3 is 2.78 bits per heavy atom. The number of nitrogens with zero attached hydrogens (tertiary/aromatic N) is 1. The maximum Gasteiger partial charge on any atom is 0.330 e. The van der Waals surface area contributed by atoms with Crippen molar-refractivity contribution in [1.82, 2.24) is 9.55 Å². The summed E-state index contributed by atoms with van der Waals surface area (Å²) in [7, 11) is 0. The fourth-order valence-corrected chi connectivity index (χ4v) is 2.17. The first kappa shape index (κ1) is 13.6. The third kappa shape index (κ3) is 2.22. The highest BCUT2D eigenvalue weighted by molar-refractivity contribution is 14.1. The van der Waals surface area contributed by atoms with E-state index < -0.39 is 42.5 Å². The summed E-state index contributed by atoms with van der Waals surface area (Å²) in [6.07, 6.45) is -4.67. The summed E-state index contributed by atoms with van der Waals surface area (Å²) in [5, 5.41) is 18.5. The van der Waals surface area contributed by atoms with E-state index in [4.69, 9.17) is 9.84 Å². The van der Waals surface area contributed by atoms with E-state index in [1.807, 2.05) is 4.98 Å². The molecule has 0 bridgehead atoms. The number of H-pyrrole nitrogens is 1. The molecular formula is C9H10FIN2O5. The Balaban J connectivity index is 2.42. The molecule has 1 aromatic rings. The summed E-state index contributed by atoms with van der Waals surface area (Å²) in [5.41, 5.74) is -1.38. The standard InChI is InChI=1S/C9H10FIN2O5/c10-5-4(2-14)18-8(6(5)15)13-1-3(11)7(16)12-9(13)17/h1,4-6,8,14-15H,2H2,(H,12,16,17)/t4-,5?,6+,8-/m1/s1. The van der Waals surface area contributed by atoms with Gasteiger partial charge in [-0.1, -0.05) is 0 Å². The summed E-state index contributed by atoms with van der Waals surface area (Å²) in [4.78, 5) is 24.8. The zero-order valence-corrected chi connectivity index (χ0v) is 11.1. The number of aliphatic hydroxyl groups excluding tert-OH is 2. The van der Waals surface area contributed by atoms with Crippen molar-refractivity contribution in [3.05, 3.63) is 30.6 Å². The van der Waals surface area contributed by atoms with E-state index in [-0.39, 0.29) is 3.57 Å². The Morgan fingerprint density at radius 1 is 1.56 bits per heavy atom. The smallest absolute Gasteiger partial charge is 0.330 e. The highest BCUT2D eigenvalue weighted by Crippen LogP contribution is 2.30. The van der Waals surface area contributed by atoms with Gasteiger partial charge < -0.3 is 14.9 Å². The van der Waals surface area contributed by atoms with Crippen LogP contribution in [0.1, 0.15) is 6.23 Å². The van der Waals surface area contributed by atoms with Gasteiger partial charge in [0.25, 0.3) is 5.56 Å². The maximum absolute atomic E-state index is 13.5. The van der Waals surface area contributed by atoms with Crippen molar-refractivity contribution in [2.75, 3.05) is 6.61 Å². The first-order chi connectivity index (χ1) is 8.45. The van der Waals surface area contributed by atoms with Crippen molar-refractivity contribution >= 4 is 22.6 Å². The molecule has 7 nitrogen and oxygen atoms in total. The molecule has 100 valence electrons. The molecule has 4 atom stereocenters. The number of halogens is 2. The van der Waals surface area contributed by atoms with Gasteiger partial charge in [-0.05, 0) is 22.6 Å². The average Bonchev–Trinajstić information content (AvgIpc) is 2.61. The average molecular weight is 372 g/mol. The lowest BCUT2D eigenvalue weighted by Crippen LogP contribution is -2.37. The molecule has 2 heterocycles. The Labute approximate surface area is 113 Å². The number of ether oxygens (including phenoxy) is 1. The van der Waals surface area contributed by atoms with E-state index in [0.717, 1.165) is 4.57 Å². The molecule has 1 unspecified atom stereocenters. The first-order valence-corrected chi connectivity index (χ1v) is 6.13. The quantitative estimate of drug-likeness (QED) is 0.562. The zero-order chi connectivity index (χ0) is 13.4. The predicted molar refractivity (Wildman–Crippen MR) is 65.9 cm³/mol. The predicted octanol–water partition coefficient (Wildman–Crippen LogP) is -1.27. The van der Waals surface area contributed by atoms with E-state index in [2.05, 4.69) is 0 Å². The van der Waals surface area contributed by atoms with Crippen molar-refractivity contribution in [1.29, 1.82) is 0 Å². The van der Waals surface area contributed by atoms with Crippen LogP contribution in [0.5, 0.6) is 0 Å². The van der Waals surface area contributed by atoms with Gasteiger partial charge in [-0.15, -0.1) is 0 Å². The van der Waals surface area contributed by atoms with Crippen molar-refractivity contribution in [3.8, 4) is 0 Å².